The van der Waals surface area contributed by atoms with E-state index in [9.17, 15) is 9.59 Å². The van der Waals surface area contributed by atoms with Crippen LogP contribution in [0.25, 0.3) is 0 Å². The van der Waals surface area contributed by atoms with Gasteiger partial charge in [0, 0.05) is 31.5 Å². The number of hydrogen-bond acceptors (Lipinski definition) is 4. The second-order valence-electron chi connectivity index (χ2n) is 10.0. The fraction of sp³-hybridized carbons (Fsp3) is 0.680. The smallest absolute Gasteiger partial charge is 0.229 e. The summed E-state index contributed by atoms with van der Waals surface area (Å²) in [6.07, 6.45) is 8.84. The Balaban J connectivity index is 0.00000231. The van der Waals surface area contributed by atoms with Crippen LogP contribution in [0.5, 0.6) is 5.75 Å². The molecule has 170 valence electrons. The highest BCUT2D eigenvalue weighted by Crippen LogP contribution is 2.48. The zero-order valence-electron chi connectivity index (χ0n) is 18.6. The Morgan fingerprint density at radius 2 is 1.84 bits per heavy atom. The molecule has 3 fully saturated rings. The van der Waals surface area contributed by atoms with Gasteiger partial charge >= 0.3 is 0 Å². The number of benzene rings is 1. The number of fused-ring (bicyclic) bond motifs is 3. The third-order valence-electron chi connectivity index (χ3n) is 8.22. The number of methoxy groups -OCH3 is 1. The first-order valence-electron chi connectivity index (χ1n) is 11.8. The van der Waals surface area contributed by atoms with Crippen molar-refractivity contribution in [2.24, 2.45) is 11.3 Å². The number of piperidine rings is 2. The molecule has 0 unspecified atom stereocenters. The van der Waals surface area contributed by atoms with Crippen LogP contribution in [0.2, 0.25) is 0 Å². The second-order valence-corrected chi connectivity index (χ2v) is 10.0. The van der Waals surface area contributed by atoms with Gasteiger partial charge < -0.3 is 9.64 Å². The first kappa shape index (κ1) is 22.6. The second kappa shape index (κ2) is 9.11. The summed E-state index contributed by atoms with van der Waals surface area (Å²) in [5.74, 6) is 2.47. The molecule has 5 nitrogen and oxygen atoms in total. The van der Waals surface area contributed by atoms with Gasteiger partial charge in [-0.25, -0.2) is 0 Å². The lowest BCUT2D eigenvalue weighted by atomic mass is 9.76. The van der Waals surface area contributed by atoms with Gasteiger partial charge in [0.2, 0.25) is 11.8 Å². The Morgan fingerprint density at radius 3 is 2.55 bits per heavy atom. The van der Waals surface area contributed by atoms with Gasteiger partial charge in [0.05, 0.1) is 7.11 Å². The minimum atomic E-state index is 0. The van der Waals surface area contributed by atoms with Gasteiger partial charge in [-0.3, -0.25) is 14.5 Å². The molecule has 2 aliphatic heterocycles. The van der Waals surface area contributed by atoms with E-state index in [-0.39, 0.29) is 29.6 Å². The Kier molecular flexibility index (Phi) is 6.64. The number of hydrogen-bond donors (Lipinski definition) is 0. The number of amides is 2. The van der Waals surface area contributed by atoms with Gasteiger partial charge in [0.15, 0.2) is 0 Å². The van der Waals surface area contributed by atoms with Crippen LogP contribution in [-0.4, -0.2) is 54.9 Å². The summed E-state index contributed by atoms with van der Waals surface area (Å²) in [5, 5.41) is 0. The Labute approximate surface area is 191 Å². The quantitative estimate of drug-likeness (QED) is 0.636. The molecule has 0 aromatic heterocycles. The molecule has 1 saturated carbocycles. The maximum Gasteiger partial charge on any atom is 0.229 e. The number of carbonyl (C=O) groups excluding carboxylic acids is 2. The van der Waals surface area contributed by atoms with Gasteiger partial charge in [0.1, 0.15) is 5.75 Å². The van der Waals surface area contributed by atoms with Crippen molar-refractivity contribution in [3.8, 4) is 5.75 Å². The topological polar surface area (TPSA) is 49.9 Å². The standard InChI is InChI=1S/C25H34N2O3.ClH/c1-30-21-7-4-6-18-14-19-17-26(13-8-20(19)24(18)21)11-5-12-27-22(28)15-25(16-23(27)29)9-2-3-10-25;/h4,6-7,19-20H,2-3,5,8-17H2,1H3;1H/t19-,20+;/m0./s1. The molecule has 0 N–H and O–H groups in total. The molecular weight excluding hydrogens is 412 g/mol. The molecule has 5 rings (SSSR count). The molecule has 1 aromatic carbocycles. The van der Waals surface area contributed by atoms with Crippen molar-refractivity contribution in [2.45, 2.75) is 63.7 Å². The summed E-state index contributed by atoms with van der Waals surface area (Å²) in [7, 11) is 1.77. The zero-order chi connectivity index (χ0) is 20.7. The summed E-state index contributed by atoms with van der Waals surface area (Å²) < 4.78 is 5.64. The SMILES string of the molecule is COc1cccc2c1[C@@H]1CCN(CCCN3C(=O)CC4(CCCC4)CC3=O)C[C@@H]1C2.Cl. The van der Waals surface area contributed by atoms with Crippen LogP contribution in [0, 0.1) is 11.3 Å². The highest BCUT2D eigenvalue weighted by atomic mass is 35.5. The predicted octanol–water partition coefficient (Wildman–Crippen LogP) is 4.18. The Bertz CT molecular complexity index is 816. The molecule has 6 heteroatoms. The van der Waals surface area contributed by atoms with Crippen LogP contribution < -0.4 is 4.74 Å². The number of imide groups is 1. The molecule has 2 amide bonds. The van der Waals surface area contributed by atoms with E-state index in [1.165, 1.54) is 30.4 Å². The van der Waals surface area contributed by atoms with Gasteiger partial charge in [-0.2, -0.15) is 0 Å². The predicted molar refractivity (Wildman–Crippen MR) is 123 cm³/mol. The van der Waals surface area contributed by atoms with Gasteiger partial charge in [-0.05, 0) is 74.1 Å². The van der Waals surface area contributed by atoms with Crippen LogP contribution in [-0.2, 0) is 16.0 Å². The first-order chi connectivity index (χ1) is 14.6. The Morgan fingerprint density at radius 1 is 1.10 bits per heavy atom. The van der Waals surface area contributed by atoms with Crippen molar-refractivity contribution < 1.29 is 14.3 Å². The van der Waals surface area contributed by atoms with E-state index in [0.29, 0.717) is 31.2 Å². The lowest BCUT2D eigenvalue weighted by Crippen LogP contribution is -2.48. The average Bonchev–Trinajstić information content (AvgIpc) is 3.33. The van der Waals surface area contributed by atoms with E-state index in [2.05, 4.69) is 23.1 Å². The number of likely N-dealkylation sites (tertiary alicyclic amines) is 2. The molecule has 2 atom stereocenters. The molecule has 0 bridgehead atoms. The molecule has 31 heavy (non-hydrogen) atoms. The third-order valence-corrected chi connectivity index (χ3v) is 8.22. The third kappa shape index (κ3) is 4.23. The van der Waals surface area contributed by atoms with Gasteiger partial charge in [-0.15, -0.1) is 12.4 Å². The maximum absolute atomic E-state index is 12.7. The van der Waals surface area contributed by atoms with Crippen LogP contribution in [0.1, 0.15) is 68.4 Å². The Hall–Kier alpha value is -1.59. The minimum absolute atomic E-state index is 0. The van der Waals surface area contributed by atoms with Crippen LogP contribution in [0.15, 0.2) is 18.2 Å². The van der Waals surface area contributed by atoms with E-state index in [1.807, 2.05) is 0 Å². The summed E-state index contributed by atoms with van der Waals surface area (Å²) in [5.41, 5.74) is 2.90. The van der Waals surface area contributed by atoms with Crippen molar-refractivity contribution in [1.82, 2.24) is 9.80 Å². The number of carbonyl (C=O) groups is 2. The van der Waals surface area contributed by atoms with Gasteiger partial charge in [0.25, 0.3) is 0 Å². The summed E-state index contributed by atoms with van der Waals surface area (Å²) >= 11 is 0. The van der Waals surface area contributed by atoms with Crippen molar-refractivity contribution in [1.29, 1.82) is 0 Å². The first-order valence-corrected chi connectivity index (χ1v) is 11.8. The average molecular weight is 447 g/mol. The molecule has 2 aliphatic carbocycles. The zero-order valence-corrected chi connectivity index (χ0v) is 19.4. The van der Waals surface area contributed by atoms with E-state index in [1.54, 1.807) is 12.0 Å². The minimum Gasteiger partial charge on any atom is -0.496 e. The summed E-state index contributed by atoms with van der Waals surface area (Å²) in [4.78, 5) is 29.4. The number of nitrogens with zero attached hydrogens (tertiary/aromatic N) is 2. The molecule has 0 radical (unpaired) electrons. The lowest BCUT2D eigenvalue weighted by molar-refractivity contribution is -0.153. The molecule has 1 aromatic rings. The van der Waals surface area contributed by atoms with Crippen molar-refractivity contribution in [2.75, 3.05) is 33.3 Å². The number of halogens is 1. The van der Waals surface area contributed by atoms with E-state index in [4.69, 9.17) is 4.74 Å². The van der Waals surface area contributed by atoms with Crippen LogP contribution >= 0.6 is 12.4 Å². The summed E-state index contributed by atoms with van der Waals surface area (Å²) in [6, 6.07) is 6.45. The fourth-order valence-corrected chi connectivity index (χ4v) is 6.76. The summed E-state index contributed by atoms with van der Waals surface area (Å²) in [6.45, 7) is 3.75. The fourth-order valence-electron chi connectivity index (χ4n) is 6.76. The monoisotopic (exact) mass is 446 g/mol. The molecule has 2 heterocycles. The highest BCUT2D eigenvalue weighted by molar-refractivity contribution is 5.98. The van der Waals surface area contributed by atoms with E-state index < -0.39 is 0 Å². The largest absolute Gasteiger partial charge is 0.496 e. The lowest BCUT2D eigenvalue weighted by Gasteiger charge is -2.38. The number of rotatable bonds is 5. The van der Waals surface area contributed by atoms with Crippen molar-refractivity contribution in [3.63, 3.8) is 0 Å². The molecule has 1 spiro atoms. The van der Waals surface area contributed by atoms with Gasteiger partial charge in [-0.1, -0.05) is 25.0 Å². The normalized spacial score (nSPS) is 27.2. The highest BCUT2D eigenvalue weighted by Gasteiger charge is 2.45. The molecular formula is C25H35ClN2O3. The van der Waals surface area contributed by atoms with Crippen molar-refractivity contribution in [3.05, 3.63) is 29.3 Å². The number of ether oxygens (including phenoxy) is 1. The van der Waals surface area contributed by atoms with E-state index in [0.717, 1.165) is 51.1 Å². The van der Waals surface area contributed by atoms with Crippen molar-refractivity contribution >= 4 is 24.2 Å². The van der Waals surface area contributed by atoms with Crippen LogP contribution in [0.4, 0.5) is 0 Å². The van der Waals surface area contributed by atoms with Crippen LogP contribution in [0.3, 0.4) is 0 Å². The maximum atomic E-state index is 12.7. The van der Waals surface area contributed by atoms with E-state index >= 15 is 0 Å². The molecule has 4 aliphatic rings. The molecule has 2 saturated heterocycles.